The van der Waals surface area contributed by atoms with Gasteiger partial charge >= 0.3 is 0 Å². The maximum absolute atomic E-state index is 4.87. The number of rotatable bonds is 3. The fourth-order valence-electron chi connectivity index (χ4n) is 3.13. The highest BCUT2D eigenvalue weighted by Crippen LogP contribution is 2.29. The van der Waals surface area contributed by atoms with Crippen molar-refractivity contribution in [1.29, 1.82) is 0 Å². The molecule has 0 saturated heterocycles. The van der Waals surface area contributed by atoms with Crippen LogP contribution in [-0.4, -0.2) is 9.55 Å². The van der Waals surface area contributed by atoms with E-state index >= 15 is 0 Å². The van der Waals surface area contributed by atoms with Crippen molar-refractivity contribution in [2.45, 2.75) is 25.7 Å². The molecule has 1 N–H and O–H groups in total. The van der Waals surface area contributed by atoms with Gasteiger partial charge in [0.1, 0.15) is 0 Å². The highest BCUT2D eigenvalue weighted by Gasteiger charge is 2.20. The van der Waals surface area contributed by atoms with E-state index in [1.807, 2.05) is 18.2 Å². The minimum Gasteiger partial charge on any atom is -0.325 e. The number of aromatic nitrogens is 2. The molecule has 0 spiro atoms. The van der Waals surface area contributed by atoms with E-state index in [-0.39, 0.29) is 0 Å². The molecule has 110 valence electrons. The van der Waals surface area contributed by atoms with Crippen molar-refractivity contribution in [3.8, 4) is 5.69 Å². The summed E-state index contributed by atoms with van der Waals surface area (Å²) in [6, 6.07) is 20.8. The highest BCUT2D eigenvalue weighted by atomic mass is 15.2. The minimum absolute atomic E-state index is 0.921. The summed E-state index contributed by atoms with van der Waals surface area (Å²) in [5.74, 6) is 0.921. The Kier molecular flexibility index (Phi) is 3.39. The Labute approximate surface area is 130 Å². The normalized spacial score (nSPS) is 13.6. The molecule has 22 heavy (non-hydrogen) atoms. The lowest BCUT2D eigenvalue weighted by atomic mass is 10.0. The van der Waals surface area contributed by atoms with E-state index in [4.69, 9.17) is 4.98 Å². The zero-order valence-corrected chi connectivity index (χ0v) is 12.5. The third-order valence-electron chi connectivity index (χ3n) is 4.18. The predicted molar refractivity (Wildman–Crippen MR) is 89.9 cm³/mol. The number of imidazole rings is 1. The quantitative estimate of drug-likeness (QED) is 0.769. The minimum atomic E-state index is 0.921. The second-order valence-electron chi connectivity index (χ2n) is 5.70. The molecule has 0 amide bonds. The van der Waals surface area contributed by atoms with Crippen LogP contribution in [0.5, 0.6) is 0 Å². The maximum atomic E-state index is 4.87. The van der Waals surface area contributed by atoms with Crippen molar-refractivity contribution in [3.05, 3.63) is 72.1 Å². The molecule has 0 fully saturated rings. The second-order valence-corrected chi connectivity index (χ2v) is 5.70. The van der Waals surface area contributed by atoms with Crippen LogP contribution in [0.15, 0.2) is 60.7 Å². The first-order chi connectivity index (χ1) is 10.9. The molecule has 0 bridgehead atoms. The number of nitrogens with one attached hydrogen (secondary N) is 1. The molecule has 1 aromatic heterocycles. The van der Waals surface area contributed by atoms with E-state index in [0.29, 0.717) is 0 Å². The van der Waals surface area contributed by atoms with Crippen LogP contribution in [0.2, 0.25) is 0 Å². The van der Waals surface area contributed by atoms with Crippen LogP contribution in [0.1, 0.15) is 24.2 Å². The highest BCUT2D eigenvalue weighted by molar-refractivity contribution is 5.58. The van der Waals surface area contributed by atoms with E-state index in [1.165, 1.54) is 29.9 Å². The van der Waals surface area contributed by atoms with Gasteiger partial charge in [0.2, 0.25) is 5.95 Å². The lowest BCUT2D eigenvalue weighted by Gasteiger charge is -2.15. The largest absolute Gasteiger partial charge is 0.325 e. The Morgan fingerprint density at radius 3 is 2.27 bits per heavy atom. The van der Waals surface area contributed by atoms with Crippen molar-refractivity contribution in [3.63, 3.8) is 0 Å². The molecule has 3 heteroatoms. The summed E-state index contributed by atoms with van der Waals surface area (Å²) in [7, 11) is 0. The molecular formula is C19H19N3. The van der Waals surface area contributed by atoms with E-state index in [9.17, 15) is 0 Å². The third-order valence-corrected chi connectivity index (χ3v) is 4.18. The van der Waals surface area contributed by atoms with Gasteiger partial charge < -0.3 is 5.32 Å². The lowest BCUT2D eigenvalue weighted by Crippen LogP contribution is -2.08. The predicted octanol–water partition coefficient (Wildman–Crippen LogP) is 4.49. The summed E-state index contributed by atoms with van der Waals surface area (Å²) in [4.78, 5) is 4.87. The van der Waals surface area contributed by atoms with Crippen LogP contribution >= 0.6 is 0 Å². The Morgan fingerprint density at radius 2 is 1.50 bits per heavy atom. The van der Waals surface area contributed by atoms with Crippen LogP contribution in [0.4, 0.5) is 11.6 Å². The van der Waals surface area contributed by atoms with Crippen molar-refractivity contribution < 1.29 is 0 Å². The number of nitrogens with zero attached hydrogens (tertiary/aromatic N) is 2. The summed E-state index contributed by atoms with van der Waals surface area (Å²) < 4.78 is 2.28. The van der Waals surface area contributed by atoms with Gasteiger partial charge in [0, 0.05) is 17.1 Å². The molecular weight excluding hydrogens is 270 g/mol. The number of benzene rings is 2. The van der Waals surface area contributed by atoms with Crippen molar-refractivity contribution in [2.75, 3.05) is 5.32 Å². The summed E-state index contributed by atoms with van der Waals surface area (Å²) in [5.41, 5.74) is 4.85. The van der Waals surface area contributed by atoms with Crippen LogP contribution in [-0.2, 0) is 12.8 Å². The summed E-state index contributed by atoms with van der Waals surface area (Å²) in [5, 5.41) is 3.48. The average Bonchev–Trinajstić information content (AvgIpc) is 2.94. The van der Waals surface area contributed by atoms with E-state index < -0.39 is 0 Å². The first kappa shape index (κ1) is 13.1. The van der Waals surface area contributed by atoms with Gasteiger partial charge in [0.05, 0.1) is 5.69 Å². The van der Waals surface area contributed by atoms with E-state index in [2.05, 4.69) is 52.3 Å². The number of anilines is 2. The molecule has 0 aliphatic heterocycles. The summed E-state index contributed by atoms with van der Waals surface area (Å²) in [6.45, 7) is 0. The molecule has 2 aromatic carbocycles. The molecule has 0 atom stereocenters. The molecule has 1 aliphatic rings. The first-order valence-electron chi connectivity index (χ1n) is 7.90. The number of hydrogen-bond acceptors (Lipinski definition) is 2. The van der Waals surface area contributed by atoms with Crippen molar-refractivity contribution in [2.24, 2.45) is 0 Å². The zero-order chi connectivity index (χ0) is 14.8. The molecule has 0 radical (unpaired) electrons. The van der Waals surface area contributed by atoms with E-state index in [1.54, 1.807) is 0 Å². The Hall–Kier alpha value is -2.55. The fraction of sp³-hybridized carbons (Fsp3) is 0.211. The number of aryl methyl sites for hydroxylation is 1. The Balaban J connectivity index is 1.82. The zero-order valence-electron chi connectivity index (χ0n) is 12.5. The van der Waals surface area contributed by atoms with Gasteiger partial charge in [-0.25, -0.2) is 4.98 Å². The van der Waals surface area contributed by atoms with Gasteiger partial charge in [-0.2, -0.15) is 0 Å². The van der Waals surface area contributed by atoms with Crippen LogP contribution in [0.25, 0.3) is 5.69 Å². The summed E-state index contributed by atoms with van der Waals surface area (Å²) >= 11 is 0. The molecule has 3 aromatic rings. The van der Waals surface area contributed by atoms with Crippen molar-refractivity contribution in [1.82, 2.24) is 9.55 Å². The van der Waals surface area contributed by atoms with Gasteiger partial charge in [0.25, 0.3) is 0 Å². The van der Waals surface area contributed by atoms with Crippen molar-refractivity contribution >= 4 is 11.6 Å². The molecule has 0 unspecified atom stereocenters. The smallest absolute Gasteiger partial charge is 0.212 e. The average molecular weight is 289 g/mol. The fourth-order valence-corrected chi connectivity index (χ4v) is 3.13. The standard InChI is InChI=1S/C19H19N3/c1-3-9-15(10-4-1)20-19-21-17-13-7-8-14-18(17)22(19)16-11-5-2-6-12-16/h1-6,9-12H,7-8,13-14H2,(H,20,21). The van der Waals surface area contributed by atoms with Crippen LogP contribution in [0, 0.1) is 0 Å². The maximum Gasteiger partial charge on any atom is 0.212 e. The summed E-state index contributed by atoms with van der Waals surface area (Å²) in [6.07, 6.45) is 4.67. The van der Waals surface area contributed by atoms with Gasteiger partial charge in [-0.1, -0.05) is 36.4 Å². The molecule has 0 saturated carbocycles. The van der Waals surface area contributed by atoms with Gasteiger partial charge in [-0.3, -0.25) is 4.57 Å². The monoisotopic (exact) mass is 289 g/mol. The second kappa shape index (κ2) is 5.68. The van der Waals surface area contributed by atoms with Gasteiger partial charge in [0.15, 0.2) is 0 Å². The number of para-hydroxylation sites is 2. The number of hydrogen-bond donors (Lipinski definition) is 1. The first-order valence-corrected chi connectivity index (χ1v) is 7.90. The Morgan fingerprint density at radius 1 is 0.818 bits per heavy atom. The lowest BCUT2D eigenvalue weighted by molar-refractivity contribution is 0.656. The third kappa shape index (κ3) is 2.39. The SMILES string of the molecule is c1ccc(Nc2nc3c(n2-c2ccccc2)CCCC3)cc1. The van der Waals surface area contributed by atoms with Crippen LogP contribution in [0.3, 0.4) is 0 Å². The Bertz CT molecular complexity index is 760. The van der Waals surface area contributed by atoms with Crippen LogP contribution < -0.4 is 5.32 Å². The molecule has 4 rings (SSSR count). The topological polar surface area (TPSA) is 29.9 Å². The number of fused-ring (bicyclic) bond motifs is 1. The van der Waals surface area contributed by atoms with Gasteiger partial charge in [-0.05, 0) is 49.9 Å². The molecule has 1 aliphatic carbocycles. The molecule has 1 heterocycles. The van der Waals surface area contributed by atoms with E-state index in [0.717, 1.165) is 24.5 Å². The van der Waals surface area contributed by atoms with Gasteiger partial charge in [-0.15, -0.1) is 0 Å². The molecule has 3 nitrogen and oxygen atoms in total.